The number of aromatic amines is 1. The van der Waals surface area contributed by atoms with E-state index in [-0.39, 0.29) is 11.4 Å². The molecule has 3 N–H and O–H groups in total. The van der Waals surface area contributed by atoms with Gasteiger partial charge in [-0.2, -0.15) is 5.10 Å². The van der Waals surface area contributed by atoms with Crippen LogP contribution in [0.1, 0.15) is 19.2 Å². The van der Waals surface area contributed by atoms with Crippen LogP contribution in [-0.4, -0.2) is 46.3 Å². The Morgan fingerprint density at radius 3 is 2.82 bits per heavy atom. The molecule has 122 valence electrons. The van der Waals surface area contributed by atoms with Crippen molar-refractivity contribution in [1.82, 2.24) is 24.5 Å². The van der Waals surface area contributed by atoms with Gasteiger partial charge in [0.2, 0.25) is 10.0 Å². The van der Waals surface area contributed by atoms with E-state index >= 15 is 0 Å². The topological polar surface area (TPSA) is 130 Å². The molecule has 0 unspecified atom stereocenters. The molecule has 10 heteroatoms. The van der Waals surface area contributed by atoms with Crippen LogP contribution < -0.4 is 4.72 Å². The number of H-pyrrole nitrogens is 1. The van der Waals surface area contributed by atoms with Gasteiger partial charge in [0.15, 0.2) is 0 Å². The van der Waals surface area contributed by atoms with Crippen molar-refractivity contribution in [3.8, 4) is 0 Å². The minimum atomic E-state index is -3.44. The third-order valence-electron chi connectivity index (χ3n) is 2.77. The monoisotopic (exact) mass is 329 g/mol. The molecular formula is C12H19N5O4S. The molecule has 0 atom stereocenters. The Morgan fingerprint density at radius 1 is 1.50 bits per heavy atom. The number of nitrogens with zero attached hydrogens (tertiary/aromatic N) is 3. The second kappa shape index (κ2) is 8.95. The molecule has 2 heterocycles. The molecule has 2 aromatic heterocycles. The predicted molar refractivity (Wildman–Crippen MR) is 78.7 cm³/mol. The van der Waals surface area contributed by atoms with E-state index in [1.165, 1.54) is 12.4 Å². The Kier molecular flexibility index (Phi) is 7.26. The molecule has 0 aliphatic rings. The summed E-state index contributed by atoms with van der Waals surface area (Å²) in [4.78, 5) is 12.7. The molecule has 2 rings (SSSR count). The average molecular weight is 329 g/mol. The van der Waals surface area contributed by atoms with Crippen LogP contribution in [0.15, 0.2) is 29.7 Å². The van der Waals surface area contributed by atoms with Crippen LogP contribution in [0, 0.1) is 0 Å². The molecule has 0 aliphatic heterocycles. The van der Waals surface area contributed by atoms with Gasteiger partial charge < -0.3 is 9.67 Å². The van der Waals surface area contributed by atoms with Gasteiger partial charge in [-0.1, -0.05) is 6.92 Å². The average Bonchev–Trinajstić information content (AvgIpc) is 3.15. The van der Waals surface area contributed by atoms with Crippen molar-refractivity contribution >= 4 is 16.5 Å². The Labute approximate surface area is 128 Å². The Bertz CT molecular complexity index is 651. The van der Waals surface area contributed by atoms with Crippen LogP contribution in [0.4, 0.5) is 0 Å². The number of imidazole rings is 1. The summed E-state index contributed by atoms with van der Waals surface area (Å²) in [6.07, 6.45) is 7.88. The quantitative estimate of drug-likeness (QED) is 0.493. The molecule has 0 aromatic carbocycles. The van der Waals surface area contributed by atoms with Crippen molar-refractivity contribution in [1.29, 1.82) is 0 Å². The lowest BCUT2D eigenvalue weighted by Gasteiger charge is -2.07. The first kappa shape index (κ1) is 17.9. The molecule has 2 aromatic rings. The highest BCUT2D eigenvalue weighted by atomic mass is 32.2. The van der Waals surface area contributed by atoms with Crippen LogP contribution in [0.2, 0.25) is 0 Å². The maximum absolute atomic E-state index is 11.8. The Morgan fingerprint density at radius 2 is 2.23 bits per heavy atom. The number of nitrogens with one attached hydrogen (secondary N) is 2. The largest absolute Gasteiger partial charge is 0.483 e. The van der Waals surface area contributed by atoms with Gasteiger partial charge in [-0.15, -0.1) is 0 Å². The van der Waals surface area contributed by atoms with Gasteiger partial charge in [-0.25, -0.2) is 18.1 Å². The smallest absolute Gasteiger partial charge is 0.290 e. The highest BCUT2D eigenvalue weighted by Gasteiger charge is 2.13. The Balaban J connectivity index is 0.000000745. The van der Waals surface area contributed by atoms with Gasteiger partial charge >= 0.3 is 0 Å². The van der Waals surface area contributed by atoms with E-state index in [4.69, 9.17) is 9.90 Å². The maximum atomic E-state index is 11.8. The number of rotatable bonds is 7. The van der Waals surface area contributed by atoms with Crippen LogP contribution in [0.5, 0.6) is 0 Å². The fourth-order valence-corrected chi connectivity index (χ4v) is 2.76. The number of carbonyl (C=O) groups is 1. The fraction of sp³-hybridized carbons (Fsp3) is 0.417. The zero-order valence-electron chi connectivity index (χ0n) is 12.1. The SMILES string of the molecule is CCc1nccn1CCCNS(=O)(=O)c1cn[nH]c1.O=CO. The first-order valence-corrected chi connectivity index (χ1v) is 8.09. The highest BCUT2D eigenvalue weighted by Crippen LogP contribution is 2.04. The summed E-state index contributed by atoms with van der Waals surface area (Å²) < 4.78 is 28.1. The summed E-state index contributed by atoms with van der Waals surface area (Å²) in [5.74, 6) is 1.01. The first-order valence-electron chi connectivity index (χ1n) is 6.61. The zero-order chi connectivity index (χ0) is 16.4. The molecule has 0 spiro atoms. The minimum absolute atomic E-state index is 0.157. The molecule has 22 heavy (non-hydrogen) atoms. The van der Waals surface area contributed by atoms with E-state index < -0.39 is 10.0 Å². The van der Waals surface area contributed by atoms with E-state index in [0.717, 1.165) is 18.8 Å². The highest BCUT2D eigenvalue weighted by molar-refractivity contribution is 7.89. The fourth-order valence-electron chi connectivity index (χ4n) is 1.78. The molecule has 9 nitrogen and oxygen atoms in total. The molecule has 0 saturated heterocycles. The first-order chi connectivity index (χ1) is 10.5. The van der Waals surface area contributed by atoms with Crippen LogP contribution in [0.3, 0.4) is 0 Å². The van der Waals surface area contributed by atoms with Gasteiger partial charge in [0, 0.05) is 38.1 Å². The number of sulfonamides is 1. The third kappa shape index (κ3) is 5.30. The number of carboxylic acid groups (broad SMARTS) is 1. The van der Waals surface area contributed by atoms with E-state index in [1.54, 1.807) is 6.20 Å². The molecular weight excluding hydrogens is 310 g/mol. The number of hydrogen-bond donors (Lipinski definition) is 3. The van der Waals surface area contributed by atoms with E-state index in [9.17, 15) is 8.42 Å². The van der Waals surface area contributed by atoms with Crippen molar-refractivity contribution < 1.29 is 18.3 Å². The summed E-state index contributed by atoms with van der Waals surface area (Å²) in [6.45, 7) is 2.92. The van der Waals surface area contributed by atoms with E-state index in [1.807, 2.05) is 17.7 Å². The number of aromatic nitrogens is 4. The molecule has 0 saturated carbocycles. The van der Waals surface area contributed by atoms with Crippen molar-refractivity contribution in [2.45, 2.75) is 31.2 Å². The van der Waals surface area contributed by atoms with Crippen molar-refractivity contribution in [2.75, 3.05) is 6.54 Å². The third-order valence-corrected chi connectivity index (χ3v) is 4.20. The normalized spacial score (nSPS) is 10.8. The van der Waals surface area contributed by atoms with E-state index in [2.05, 4.69) is 19.9 Å². The zero-order valence-corrected chi connectivity index (χ0v) is 13.0. The lowest BCUT2D eigenvalue weighted by Crippen LogP contribution is -2.25. The molecule has 0 aliphatic carbocycles. The molecule has 0 bridgehead atoms. The van der Waals surface area contributed by atoms with Crippen LogP contribution in [-0.2, 0) is 27.8 Å². The van der Waals surface area contributed by atoms with Gasteiger partial charge in [0.25, 0.3) is 6.47 Å². The minimum Gasteiger partial charge on any atom is -0.483 e. The molecule has 0 amide bonds. The summed E-state index contributed by atoms with van der Waals surface area (Å²) >= 11 is 0. The lowest BCUT2D eigenvalue weighted by molar-refractivity contribution is -0.122. The van der Waals surface area contributed by atoms with Gasteiger partial charge in [0.1, 0.15) is 10.7 Å². The van der Waals surface area contributed by atoms with E-state index in [0.29, 0.717) is 13.0 Å². The van der Waals surface area contributed by atoms with Gasteiger partial charge in [-0.3, -0.25) is 9.89 Å². The molecule has 0 radical (unpaired) electrons. The van der Waals surface area contributed by atoms with Crippen molar-refractivity contribution in [2.24, 2.45) is 0 Å². The van der Waals surface area contributed by atoms with Gasteiger partial charge in [-0.05, 0) is 6.42 Å². The summed E-state index contributed by atoms with van der Waals surface area (Å²) in [7, 11) is -3.44. The number of hydrogen-bond acceptors (Lipinski definition) is 5. The number of aryl methyl sites for hydroxylation is 2. The molecule has 0 fully saturated rings. The van der Waals surface area contributed by atoms with Crippen molar-refractivity contribution in [3.63, 3.8) is 0 Å². The standard InChI is InChI=1S/C11H17N5O2S.CH2O2/c1-2-11-12-5-7-16(11)6-3-4-15-19(17,18)10-8-13-14-9-10;2-1-3/h5,7-9,15H,2-4,6H2,1H3,(H,13,14);1H,(H,2,3). The predicted octanol–water partition coefficient (Wildman–Crippen LogP) is 0.238. The maximum Gasteiger partial charge on any atom is 0.290 e. The Hall–Kier alpha value is -2.20. The van der Waals surface area contributed by atoms with Crippen LogP contribution >= 0.6 is 0 Å². The summed E-state index contributed by atoms with van der Waals surface area (Å²) in [5, 5.41) is 13.0. The van der Waals surface area contributed by atoms with Gasteiger partial charge in [0.05, 0.1) is 6.20 Å². The second-order valence-corrected chi connectivity index (χ2v) is 5.95. The van der Waals surface area contributed by atoms with Crippen LogP contribution in [0.25, 0.3) is 0 Å². The summed E-state index contributed by atoms with van der Waals surface area (Å²) in [6, 6.07) is 0. The summed E-state index contributed by atoms with van der Waals surface area (Å²) in [5.41, 5.74) is 0. The lowest BCUT2D eigenvalue weighted by atomic mass is 10.4. The van der Waals surface area contributed by atoms with Crippen molar-refractivity contribution in [3.05, 3.63) is 30.6 Å². The second-order valence-electron chi connectivity index (χ2n) is 4.18.